The van der Waals surface area contributed by atoms with E-state index in [4.69, 9.17) is 4.74 Å². The van der Waals surface area contributed by atoms with Gasteiger partial charge in [0.25, 0.3) is 5.91 Å². The molecule has 1 fully saturated rings. The predicted molar refractivity (Wildman–Crippen MR) is 49.9 cm³/mol. The van der Waals surface area contributed by atoms with Crippen LogP contribution in [0.5, 0.6) is 0 Å². The minimum absolute atomic E-state index is 0.127. The second-order valence-electron chi connectivity index (χ2n) is 3.31. The Morgan fingerprint density at radius 2 is 2.71 bits per heavy atom. The summed E-state index contributed by atoms with van der Waals surface area (Å²) in [5.74, 6) is -0.127. The van der Waals surface area contributed by atoms with Gasteiger partial charge in [-0.1, -0.05) is 0 Å². The van der Waals surface area contributed by atoms with E-state index >= 15 is 0 Å². The van der Waals surface area contributed by atoms with Gasteiger partial charge in [0, 0.05) is 13.2 Å². The van der Waals surface area contributed by atoms with Gasteiger partial charge in [-0.25, -0.2) is 4.98 Å². The van der Waals surface area contributed by atoms with Crippen LogP contribution in [0.4, 0.5) is 0 Å². The number of hydrogen-bond donors (Lipinski definition) is 2. The first-order valence-electron chi connectivity index (χ1n) is 4.74. The molecule has 5 heteroatoms. The molecule has 0 spiro atoms. The zero-order valence-corrected chi connectivity index (χ0v) is 7.82. The average molecular weight is 195 g/mol. The largest absolute Gasteiger partial charge is 0.376 e. The van der Waals surface area contributed by atoms with Crippen molar-refractivity contribution in [2.24, 2.45) is 0 Å². The fourth-order valence-electron chi connectivity index (χ4n) is 1.49. The third kappa shape index (κ3) is 2.11. The highest BCUT2D eigenvalue weighted by atomic mass is 16.5. The van der Waals surface area contributed by atoms with Crippen molar-refractivity contribution in [1.29, 1.82) is 0 Å². The summed E-state index contributed by atoms with van der Waals surface area (Å²) in [6.45, 7) is 1.39. The van der Waals surface area contributed by atoms with Crippen LogP contribution >= 0.6 is 0 Å². The van der Waals surface area contributed by atoms with E-state index in [2.05, 4.69) is 15.3 Å². The summed E-state index contributed by atoms with van der Waals surface area (Å²) in [6, 6.07) is 0. The molecular formula is C9H13N3O2. The van der Waals surface area contributed by atoms with Crippen molar-refractivity contribution in [3.05, 3.63) is 18.2 Å². The second-order valence-corrected chi connectivity index (χ2v) is 3.31. The van der Waals surface area contributed by atoms with Gasteiger partial charge in [-0.05, 0) is 12.8 Å². The monoisotopic (exact) mass is 195 g/mol. The lowest BCUT2D eigenvalue weighted by Gasteiger charge is -2.09. The quantitative estimate of drug-likeness (QED) is 0.729. The van der Waals surface area contributed by atoms with Crippen LogP contribution in [-0.2, 0) is 4.74 Å². The first-order valence-corrected chi connectivity index (χ1v) is 4.74. The zero-order valence-electron chi connectivity index (χ0n) is 7.82. The summed E-state index contributed by atoms with van der Waals surface area (Å²) in [4.78, 5) is 17.9. The number of imidazole rings is 1. The molecule has 1 aliphatic heterocycles. The number of H-pyrrole nitrogens is 1. The summed E-state index contributed by atoms with van der Waals surface area (Å²) in [7, 11) is 0. The number of rotatable bonds is 3. The third-order valence-electron chi connectivity index (χ3n) is 2.26. The van der Waals surface area contributed by atoms with Crippen molar-refractivity contribution in [3.63, 3.8) is 0 Å². The van der Waals surface area contributed by atoms with Gasteiger partial charge in [-0.15, -0.1) is 0 Å². The van der Waals surface area contributed by atoms with Crippen molar-refractivity contribution in [3.8, 4) is 0 Å². The maximum atomic E-state index is 11.4. The van der Waals surface area contributed by atoms with Gasteiger partial charge >= 0.3 is 0 Å². The van der Waals surface area contributed by atoms with Crippen LogP contribution in [0.2, 0.25) is 0 Å². The fourth-order valence-corrected chi connectivity index (χ4v) is 1.49. The Balaban J connectivity index is 1.78. The van der Waals surface area contributed by atoms with E-state index in [-0.39, 0.29) is 12.0 Å². The molecule has 5 nitrogen and oxygen atoms in total. The molecule has 0 bridgehead atoms. The standard InChI is InChI=1S/C9H13N3O2/c13-9(8-5-10-6-12-8)11-4-7-2-1-3-14-7/h5-7H,1-4H2,(H,10,12)(H,11,13). The highest BCUT2D eigenvalue weighted by Gasteiger charge is 2.16. The number of nitrogens with zero attached hydrogens (tertiary/aromatic N) is 1. The maximum Gasteiger partial charge on any atom is 0.269 e. The summed E-state index contributed by atoms with van der Waals surface area (Å²) >= 11 is 0. The van der Waals surface area contributed by atoms with Gasteiger partial charge in [-0.2, -0.15) is 0 Å². The number of nitrogens with one attached hydrogen (secondary N) is 2. The van der Waals surface area contributed by atoms with Gasteiger partial charge in [0.05, 0.1) is 18.6 Å². The van der Waals surface area contributed by atoms with Gasteiger partial charge in [0.1, 0.15) is 5.69 Å². The number of hydrogen-bond acceptors (Lipinski definition) is 3. The Hall–Kier alpha value is -1.36. The zero-order chi connectivity index (χ0) is 9.80. The van der Waals surface area contributed by atoms with Crippen LogP contribution in [0, 0.1) is 0 Å². The first kappa shape index (κ1) is 9.21. The molecule has 1 amide bonds. The maximum absolute atomic E-state index is 11.4. The van der Waals surface area contributed by atoms with E-state index in [1.165, 1.54) is 12.5 Å². The summed E-state index contributed by atoms with van der Waals surface area (Å²) in [5, 5.41) is 2.79. The number of amides is 1. The van der Waals surface area contributed by atoms with Crippen LogP contribution in [0.3, 0.4) is 0 Å². The highest BCUT2D eigenvalue weighted by Crippen LogP contribution is 2.10. The van der Waals surface area contributed by atoms with Gasteiger partial charge in [0.15, 0.2) is 0 Å². The minimum Gasteiger partial charge on any atom is -0.376 e. The summed E-state index contributed by atoms with van der Waals surface area (Å²) in [6.07, 6.45) is 5.29. The molecule has 14 heavy (non-hydrogen) atoms. The van der Waals surface area contributed by atoms with Crippen LogP contribution in [-0.4, -0.2) is 35.1 Å². The van der Waals surface area contributed by atoms with Crippen LogP contribution in [0.15, 0.2) is 12.5 Å². The number of aromatic nitrogens is 2. The van der Waals surface area contributed by atoms with Crippen molar-refractivity contribution in [2.45, 2.75) is 18.9 Å². The lowest BCUT2D eigenvalue weighted by molar-refractivity contribution is 0.0854. The normalized spacial score (nSPS) is 21.0. The number of carbonyl (C=O) groups excluding carboxylic acids is 1. The molecule has 0 aromatic carbocycles. The molecular weight excluding hydrogens is 182 g/mol. The van der Waals surface area contributed by atoms with Crippen LogP contribution < -0.4 is 5.32 Å². The Kier molecular flexibility index (Phi) is 2.78. The van der Waals surface area contributed by atoms with Crippen molar-refractivity contribution >= 4 is 5.91 Å². The lowest BCUT2D eigenvalue weighted by atomic mass is 10.2. The molecule has 1 unspecified atom stereocenters. The molecule has 1 atom stereocenters. The molecule has 1 saturated heterocycles. The predicted octanol–water partition coefficient (Wildman–Crippen LogP) is 0.318. The molecule has 2 heterocycles. The van der Waals surface area contributed by atoms with E-state index in [0.717, 1.165) is 19.4 Å². The first-order chi connectivity index (χ1) is 6.86. The lowest BCUT2D eigenvalue weighted by Crippen LogP contribution is -2.31. The minimum atomic E-state index is -0.127. The van der Waals surface area contributed by atoms with Crippen molar-refractivity contribution < 1.29 is 9.53 Å². The van der Waals surface area contributed by atoms with Crippen LogP contribution in [0.25, 0.3) is 0 Å². The Morgan fingerprint density at radius 1 is 1.79 bits per heavy atom. The Labute approximate surface area is 81.9 Å². The summed E-state index contributed by atoms with van der Waals surface area (Å²) < 4.78 is 5.38. The molecule has 0 aliphatic carbocycles. The van der Waals surface area contributed by atoms with Gasteiger partial charge in [-0.3, -0.25) is 4.79 Å². The van der Waals surface area contributed by atoms with E-state index in [9.17, 15) is 4.79 Å². The number of carbonyl (C=O) groups is 1. The molecule has 1 aromatic heterocycles. The molecule has 2 N–H and O–H groups in total. The van der Waals surface area contributed by atoms with E-state index in [1.54, 1.807) is 0 Å². The second kappa shape index (κ2) is 4.23. The SMILES string of the molecule is O=C(NCC1CCCO1)c1cnc[nH]1. The average Bonchev–Trinajstić information content (AvgIpc) is 2.87. The fraction of sp³-hybridized carbons (Fsp3) is 0.556. The Bertz CT molecular complexity index is 291. The van der Waals surface area contributed by atoms with E-state index < -0.39 is 0 Å². The van der Waals surface area contributed by atoms with Gasteiger partial charge in [0.2, 0.25) is 0 Å². The number of ether oxygens (including phenoxy) is 1. The van der Waals surface area contributed by atoms with Crippen molar-refractivity contribution in [1.82, 2.24) is 15.3 Å². The Morgan fingerprint density at radius 3 is 3.36 bits per heavy atom. The number of aromatic amines is 1. The molecule has 0 radical (unpaired) electrons. The molecule has 1 aromatic rings. The van der Waals surface area contributed by atoms with E-state index in [1.807, 2.05) is 0 Å². The van der Waals surface area contributed by atoms with E-state index in [0.29, 0.717) is 12.2 Å². The smallest absolute Gasteiger partial charge is 0.269 e. The molecule has 1 aliphatic rings. The summed E-state index contributed by atoms with van der Waals surface area (Å²) in [5.41, 5.74) is 0.489. The van der Waals surface area contributed by atoms with Crippen LogP contribution in [0.1, 0.15) is 23.3 Å². The molecule has 2 rings (SSSR count). The highest BCUT2D eigenvalue weighted by molar-refractivity contribution is 5.91. The van der Waals surface area contributed by atoms with Gasteiger partial charge < -0.3 is 15.0 Å². The third-order valence-corrected chi connectivity index (χ3v) is 2.26. The molecule has 0 saturated carbocycles. The van der Waals surface area contributed by atoms with Crippen molar-refractivity contribution in [2.75, 3.05) is 13.2 Å². The topological polar surface area (TPSA) is 67.0 Å². The molecule has 76 valence electrons.